The van der Waals surface area contributed by atoms with Gasteiger partial charge in [-0.2, -0.15) is 0 Å². The van der Waals surface area contributed by atoms with Crippen LogP contribution in [0.1, 0.15) is 5.56 Å². The first kappa shape index (κ1) is 17.4. The Labute approximate surface area is 144 Å². The molecule has 0 atom stereocenters. The third-order valence-electron chi connectivity index (χ3n) is 3.98. The van der Waals surface area contributed by atoms with Crippen molar-refractivity contribution >= 4 is 21.1 Å². The fourth-order valence-corrected chi connectivity index (χ4v) is 3.88. The van der Waals surface area contributed by atoms with Crippen LogP contribution in [0.25, 0.3) is 11.0 Å². The summed E-state index contributed by atoms with van der Waals surface area (Å²) in [7, 11) is -1.89. The summed E-state index contributed by atoms with van der Waals surface area (Å²) >= 11 is 0. The van der Waals surface area contributed by atoms with E-state index in [1.54, 1.807) is 7.05 Å². The standard InChI is InChI=1S/C17H18FN3O3S/c1-20-15-4-2-3-5-16(15)21(17(20)22)11-10-19-25(23,24)12-13-6-8-14(18)9-7-13/h2-9,19H,10-12H2,1H3. The second-order valence-corrected chi connectivity index (χ2v) is 7.57. The first-order chi connectivity index (χ1) is 11.9. The minimum atomic E-state index is -3.57. The lowest BCUT2D eigenvalue weighted by molar-refractivity contribution is 0.570. The zero-order valence-corrected chi connectivity index (χ0v) is 14.5. The van der Waals surface area contributed by atoms with Crippen molar-refractivity contribution in [3.05, 3.63) is 70.4 Å². The van der Waals surface area contributed by atoms with Gasteiger partial charge in [-0.3, -0.25) is 9.13 Å². The van der Waals surface area contributed by atoms with Gasteiger partial charge in [0.2, 0.25) is 10.0 Å². The van der Waals surface area contributed by atoms with E-state index in [0.717, 1.165) is 11.0 Å². The van der Waals surface area contributed by atoms with Gasteiger partial charge in [-0.15, -0.1) is 0 Å². The van der Waals surface area contributed by atoms with Crippen molar-refractivity contribution in [1.82, 2.24) is 13.9 Å². The molecule has 8 heteroatoms. The van der Waals surface area contributed by atoms with Crippen molar-refractivity contribution in [2.45, 2.75) is 12.3 Å². The normalized spacial score (nSPS) is 11.9. The van der Waals surface area contributed by atoms with Crippen LogP contribution in [0.15, 0.2) is 53.3 Å². The molecule has 0 fully saturated rings. The second kappa shape index (κ2) is 6.81. The van der Waals surface area contributed by atoms with E-state index in [2.05, 4.69) is 4.72 Å². The van der Waals surface area contributed by atoms with Crippen LogP contribution in [0.2, 0.25) is 0 Å². The van der Waals surface area contributed by atoms with Crippen LogP contribution in [0.5, 0.6) is 0 Å². The van der Waals surface area contributed by atoms with E-state index < -0.39 is 15.8 Å². The van der Waals surface area contributed by atoms with Gasteiger partial charge >= 0.3 is 5.69 Å². The number of para-hydroxylation sites is 2. The Morgan fingerprint density at radius 2 is 1.68 bits per heavy atom. The first-order valence-electron chi connectivity index (χ1n) is 7.73. The highest BCUT2D eigenvalue weighted by Crippen LogP contribution is 2.11. The summed E-state index contributed by atoms with van der Waals surface area (Å²) in [5, 5.41) is 0. The van der Waals surface area contributed by atoms with Crippen molar-refractivity contribution in [1.29, 1.82) is 0 Å². The minimum Gasteiger partial charge on any atom is -0.295 e. The Kier molecular flexibility index (Phi) is 4.73. The first-order valence-corrected chi connectivity index (χ1v) is 9.39. The molecule has 25 heavy (non-hydrogen) atoms. The van der Waals surface area contributed by atoms with E-state index in [1.165, 1.54) is 33.4 Å². The van der Waals surface area contributed by atoms with Gasteiger partial charge in [0.15, 0.2) is 0 Å². The SMILES string of the molecule is Cn1c(=O)n(CCNS(=O)(=O)Cc2ccc(F)cc2)c2ccccc21. The fraction of sp³-hybridized carbons (Fsp3) is 0.235. The van der Waals surface area contributed by atoms with E-state index in [4.69, 9.17) is 0 Å². The molecule has 6 nitrogen and oxygen atoms in total. The van der Waals surface area contributed by atoms with Crippen LogP contribution in [-0.4, -0.2) is 24.1 Å². The number of rotatable bonds is 6. The fourth-order valence-electron chi connectivity index (χ4n) is 2.74. The van der Waals surface area contributed by atoms with Crippen LogP contribution in [0, 0.1) is 5.82 Å². The molecule has 0 amide bonds. The molecule has 3 rings (SSSR count). The lowest BCUT2D eigenvalue weighted by atomic mass is 10.2. The number of imidazole rings is 1. The van der Waals surface area contributed by atoms with Gasteiger partial charge in [0.1, 0.15) is 5.82 Å². The Balaban J connectivity index is 1.69. The summed E-state index contributed by atoms with van der Waals surface area (Å²) in [6.07, 6.45) is 0. The average Bonchev–Trinajstić information content (AvgIpc) is 2.82. The lowest BCUT2D eigenvalue weighted by Crippen LogP contribution is -2.32. The number of hydrogen-bond donors (Lipinski definition) is 1. The molecular weight excluding hydrogens is 345 g/mol. The third-order valence-corrected chi connectivity index (χ3v) is 5.34. The summed E-state index contributed by atoms with van der Waals surface area (Å²) in [5.74, 6) is -0.651. The van der Waals surface area contributed by atoms with Gasteiger partial charge in [-0.05, 0) is 29.8 Å². The Morgan fingerprint density at radius 3 is 2.36 bits per heavy atom. The largest absolute Gasteiger partial charge is 0.328 e. The molecule has 1 aromatic heterocycles. The number of sulfonamides is 1. The predicted octanol–water partition coefficient (Wildman–Crippen LogP) is 1.60. The van der Waals surface area contributed by atoms with Crippen molar-refractivity contribution in [3.63, 3.8) is 0 Å². The van der Waals surface area contributed by atoms with Crippen molar-refractivity contribution in [3.8, 4) is 0 Å². The second-order valence-electron chi connectivity index (χ2n) is 5.76. The Hall–Kier alpha value is -2.45. The molecule has 0 spiro atoms. The van der Waals surface area contributed by atoms with Gasteiger partial charge in [-0.25, -0.2) is 22.3 Å². The average molecular weight is 363 g/mol. The van der Waals surface area contributed by atoms with E-state index in [1.807, 2.05) is 24.3 Å². The smallest absolute Gasteiger partial charge is 0.295 e. The van der Waals surface area contributed by atoms with E-state index in [0.29, 0.717) is 5.56 Å². The van der Waals surface area contributed by atoms with E-state index in [-0.39, 0.29) is 24.5 Å². The number of halogens is 1. The maximum Gasteiger partial charge on any atom is 0.328 e. The van der Waals surface area contributed by atoms with Crippen LogP contribution >= 0.6 is 0 Å². The van der Waals surface area contributed by atoms with E-state index in [9.17, 15) is 17.6 Å². The molecule has 0 saturated heterocycles. The van der Waals surface area contributed by atoms with E-state index >= 15 is 0 Å². The number of nitrogens with zero attached hydrogens (tertiary/aromatic N) is 2. The number of hydrogen-bond acceptors (Lipinski definition) is 3. The highest BCUT2D eigenvalue weighted by Gasteiger charge is 2.13. The monoisotopic (exact) mass is 363 g/mol. The van der Waals surface area contributed by atoms with Crippen LogP contribution < -0.4 is 10.4 Å². The maximum atomic E-state index is 12.9. The molecule has 0 aliphatic heterocycles. The predicted molar refractivity (Wildman–Crippen MR) is 94.2 cm³/mol. The highest BCUT2D eigenvalue weighted by molar-refractivity contribution is 7.88. The minimum absolute atomic E-state index is 0.0947. The van der Waals surface area contributed by atoms with Crippen molar-refractivity contribution in [2.24, 2.45) is 7.05 Å². The van der Waals surface area contributed by atoms with Gasteiger partial charge in [0.25, 0.3) is 0 Å². The van der Waals surface area contributed by atoms with Gasteiger partial charge in [-0.1, -0.05) is 24.3 Å². The summed E-state index contributed by atoms with van der Waals surface area (Å²) in [5.41, 5.74) is 1.85. The van der Waals surface area contributed by atoms with Crippen LogP contribution in [0.4, 0.5) is 4.39 Å². The number of aryl methyl sites for hydroxylation is 1. The molecule has 0 saturated carbocycles. The topological polar surface area (TPSA) is 73.1 Å². The number of fused-ring (bicyclic) bond motifs is 1. The lowest BCUT2D eigenvalue weighted by Gasteiger charge is -2.08. The Bertz CT molecular complexity index is 1050. The van der Waals surface area contributed by atoms with Crippen molar-refractivity contribution in [2.75, 3.05) is 6.54 Å². The Morgan fingerprint density at radius 1 is 1.04 bits per heavy atom. The molecular formula is C17H18FN3O3S. The molecule has 3 aromatic rings. The van der Waals surface area contributed by atoms with Gasteiger partial charge in [0, 0.05) is 20.1 Å². The molecule has 1 N–H and O–H groups in total. The van der Waals surface area contributed by atoms with Crippen molar-refractivity contribution < 1.29 is 12.8 Å². The van der Waals surface area contributed by atoms with Gasteiger partial charge < -0.3 is 0 Å². The zero-order chi connectivity index (χ0) is 18.0. The molecule has 0 radical (unpaired) electrons. The number of benzene rings is 2. The summed E-state index contributed by atoms with van der Waals surface area (Å²) in [6.45, 7) is 0.320. The zero-order valence-electron chi connectivity index (χ0n) is 13.6. The molecule has 0 bridgehead atoms. The molecule has 0 aliphatic carbocycles. The molecule has 0 unspecified atom stereocenters. The van der Waals surface area contributed by atoms with Crippen LogP contribution in [0.3, 0.4) is 0 Å². The summed E-state index contributed by atoms with van der Waals surface area (Å²) in [6, 6.07) is 12.7. The molecule has 1 heterocycles. The molecule has 0 aliphatic rings. The maximum absolute atomic E-state index is 12.9. The van der Waals surface area contributed by atoms with Crippen LogP contribution in [-0.2, 0) is 29.4 Å². The van der Waals surface area contributed by atoms with Gasteiger partial charge in [0.05, 0.1) is 16.8 Å². The number of aromatic nitrogens is 2. The molecule has 2 aromatic carbocycles. The highest BCUT2D eigenvalue weighted by atomic mass is 32.2. The third kappa shape index (κ3) is 3.80. The quantitative estimate of drug-likeness (QED) is 0.723. The summed E-state index contributed by atoms with van der Waals surface area (Å²) in [4.78, 5) is 12.3. The molecule has 132 valence electrons. The number of nitrogens with one attached hydrogen (secondary N) is 1. The summed E-state index contributed by atoms with van der Waals surface area (Å²) < 4.78 is 42.7.